The van der Waals surface area contributed by atoms with Crippen LogP contribution in [0.2, 0.25) is 0 Å². The van der Waals surface area contributed by atoms with Crippen LogP contribution in [0.5, 0.6) is 5.75 Å². The molecule has 170 valence electrons. The molecule has 3 aromatic rings. The van der Waals surface area contributed by atoms with Gasteiger partial charge < -0.3 is 15.4 Å². The number of fused-ring (bicyclic) bond motifs is 2. The topological polar surface area (TPSA) is 140 Å². The Balaban J connectivity index is 1.71. The molecule has 0 radical (unpaired) electrons. The minimum Gasteiger partial charge on any atom is -0.490 e. The molecular weight excluding hydrogens is 448 g/mol. The monoisotopic (exact) mass is 468 g/mol. The fourth-order valence-electron chi connectivity index (χ4n) is 3.44. The Labute approximate surface area is 189 Å². The number of nitrogens with zero attached hydrogens (tertiary/aromatic N) is 1. The predicted octanol–water partition coefficient (Wildman–Crippen LogP) is 4.34. The number of methoxy groups -OCH3 is 1. The summed E-state index contributed by atoms with van der Waals surface area (Å²) >= 11 is 0. The maximum absolute atomic E-state index is 12.8. The Kier molecular flexibility index (Phi) is 5.64. The molecule has 0 spiro atoms. The van der Waals surface area contributed by atoms with E-state index in [9.17, 15) is 23.3 Å². The van der Waals surface area contributed by atoms with E-state index in [1.54, 1.807) is 48.5 Å². The summed E-state index contributed by atoms with van der Waals surface area (Å²) in [4.78, 5) is 23.4. The number of carbonyl (C=O) groups excluding carboxylic acids is 1. The number of nitro groups is 1. The van der Waals surface area contributed by atoms with E-state index >= 15 is 0 Å². The van der Waals surface area contributed by atoms with Crippen LogP contribution in [0.15, 0.2) is 54.6 Å². The molecule has 4 rings (SSSR count). The Morgan fingerprint density at radius 2 is 1.70 bits per heavy atom. The number of rotatable bonds is 6. The van der Waals surface area contributed by atoms with Crippen LogP contribution in [0.25, 0.3) is 11.1 Å². The number of anilines is 4. The summed E-state index contributed by atoms with van der Waals surface area (Å²) in [6.45, 7) is 1.53. The Hall–Kier alpha value is -4.12. The molecule has 3 N–H and O–H groups in total. The molecule has 1 amide bonds. The maximum atomic E-state index is 12.8. The molecule has 0 bridgehead atoms. The number of benzene rings is 3. The number of amides is 1. The predicted molar refractivity (Wildman–Crippen MR) is 126 cm³/mol. The summed E-state index contributed by atoms with van der Waals surface area (Å²) in [6.07, 6.45) is 0. The number of nitrogens with one attached hydrogen (secondary N) is 3. The van der Waals surface area contributed by atoms with Gasteiger partial charge in [0.1, 0.15) is 0 Å². The molecule has 3 aromatic carbocycles. The van der Waals surface area contributed by atoms with Gasteiger partial charge in [-0.3, -0.25) is 19.6 Å². The number of hydrogen-bond acceptors (Lipinski definition) is 7. The van der Waals surface area contributed by atoms with Gasteiger partial charge in [0, 0.05) is 6.07 Å². The van der Waals surface area contributed by atoms with E-state index in [-0.39, 0.29) is 23.1 Å². The lowest BCUT2D eigenvalue weighted by Crippen LogP contribution is -2.15. The van der Waals surface area contributed by atoms with Gasteiger partial charge in [-0.05, 0) is 60.5 Å². The molecule has 0 aliphatic carbocycles. The summed E-state index contributed by atoms with van der Waals surface area (Å²) < 4.78 is 31.3. The first-order chi connectivity index (χ1) is 15.7. The molecule has 10 nitrogen and oxygen atoms in total. The molecule has 0 atom stereocenters. The van der Waals surface area contributed by atoms with Crippen molar-refractivity contribution >= 4 is 44.4 Å². The highest BCUT2D eigenvalue weighted by molar-refractivity contribution is 7.92. The highest BCUT2D eigenvalue weighted by Gasteiger charge is 2.21. The van der Waals surface area contributed by atoms with E-state index in [4.69, 9.17) is 4.74 Å². The Bertz CT molecular complexity index is 1390. The third kappa shape index (κ3) is 4.44. The van der Waals surface area contributed by atoms with Crippen LogP contribution in [-0.4, -0.2) is 32.1 Å². The quantitative estimate of drug-likeness (QED) is 0.361. The molecule has 0 saturated heterocycles. The van der Waals surface area contributed by atoms with Crippen molar-refractivity contribution < 1.29 is 22.9 Å². The second-order valence-corrected chi connectivity index (χ2v) is 9.26. The van der Waals surface area contributed by atoms with Crippen LogP contribution in [-0.2, 0) is 10.0 Å². The number of nitro benzene ring substituents is 1. The summed E-state index contributed by atoms with van der Waals surface area (Å²) in [5, 5.41) is 17.2. The van der Waals surface area contributed by atoms with Gasteiger partial charge in [0.2, 0.25) is 10.0 Å². The van der Waals surface area contributed by atoms with E-state index in [1.165, 1.54) is 20.1 Å². The van der Waals surface area contributed by atoms with Crippen molar-refractivity contribution in [2.24, 2.45) is 0 Å². The van der Waals surface area contributed by atoms with E-state index in [0.717, 1.165) is 5.56 Å². The highest BCUT2D eigenvalue weighted by atomic mass is 32.2. The maximum Gasteiger partial charge on any atom is 0.310 e. The van der Waals surface area contributed by atoms with Gasteiger partial charge >= 0.3 is 5.69 Å². The van der Waals surface area contributed by atoms with Crippen LogP contribution in [0.3, 0.4) is 0 Å². The van der Waals surface area contributed by atoms with Gasteiger partial charge in [0.15, 0.2) is 5.75 Å². The van der Waals surface area contributed by atoms with Crippen LogP contribution >= 0.6 is 0 Å². The molecule has 1 aliphatic rings. The van der Waals surface area contributed by atoms with Crippen molar-refractivity contribution in [1.82, 2.24) is 0 Å². The molecule has 11 heteroatoms. The molecule has 33 heavy (non-hydrogen) atoms. The van der Waals surface area contributed by atoms with Gasteiger partial charge in [0.25, 0.3) is 5.91 Å². The Morgan fingerprint density at radius 1 is 0.970 bits per heavy atom. The van der Waals surface area contributed by atoms with Gasteiger partial charge in [-0.25, -0.2) is 8.42 Å². The van der Waals surface area contributed by atoms with Gasteiger partial charge in [-0.2, -0.15) is 0 Å². The lowest BCUT2D eigenvalue weighted by molar-refractivity contribution is -0.385. The second-order valence-electron chi connectivity index (χ2n) is 7.25. The minimum atomic E-state index is -3.46. The average molecular weight is 468 g/mol. The fourth-order valence-corrected chi connectivity index (χ4v) is 4.07. The summed E-state index contributed by atoms with van der Waals surface area (Å²) in [5.41, 5.74) is 3.52. The van der Waals surface area contributed by atoms with Gasteiger partial charge in [0.05, 0.1) is 46.1 Å². The number of hydrogen-bond donors (Lipinski definition) is 3. The molecule has 0 fully saturated rings. The van der Waals surface area contributed by atoms with Gasteiger partial charge in [-0.1, -0.05) is 6.07 Å². The van der Waals surface area contributed by atoms with Crippen molar-refractivity contribution in [3.63, 3.8) is 0 Å². The minimum absolute atomic E-state index is 0.0731. The lowest BCUT2D eigenvalue weighted by atomic mass is 10.0. The van der Waals surface area contributed by atoms with Crippen LogP contribution in [0, 0.1) is 10.1 Å². The number of carbonyl (C=O) groups is 1. The zero-order valence-electron chi connectivity index (χ0n) is 17.7. The average Bonchev–Trinajstić information content (AvgIpc) is 2.93. The Morgan fingerprint density at radius 3 is 2.39 bits per heavy atom. The first-order valence-electron chi connectivity index (χ1n) is 9.90. The molecule has 1 heterocycles. The van der Waals surface area contributed by atoms with Crippen molar-refractivity contribution in [3.8, 4) is 16.9 Å². The van der Waals surface area contributed by atoms with Crippen molar-refractivity contribution in [2.45, 2.75) is 6.92 Å². The summed E-state index contributed by atoms with van der Waals surface area (Å²) in [7, 11) is -2.10. The SMILES string of the molecule is CCS(=O)(=O)Nc1ccc2c(c1)NC(=O)c1ccc(-c3ccc([N+](=O)[O-])c(OC)c3)cc1N2. The highest BCUT2D eigenvalue weighted by Crippen LogP contribution is 2.38. The van der Waals surface area contributed by atoms with E-state index in [2.05, 4.69) is 15.4 Å². The van der Waals surface area contributed by atoms with Gasteiger partial charge in [-0.15, -0.1) is 0 Å². The lowest BCUT2D eigenvalue weighted by Gasteiger charge is -2.12. The zero-order valence-corrected chi connectivity index (χ0v) is 18.5. The van der Waals surface area contributed by atoms with Crippen LogP contribution in [0.4, 0.5) is 28.4 Å². The third-order valence-corrected chi connectivity index (χ3v) is 6.47. The first kappa shape index (κ1) is 22.1. The molecular formula is C22H20N4O6S. The normalized spacial score (nSPS) is 12.5. The zero-order chi connectivity index (χ0) is 23.8. The first-order valence-corrected chi connectivity index (χ1v) is 11.6. The van der Waals surface area contributed by atoms with Crippen molar-refractivity contribution in [3.05, 3.63) is 70.3 Å². The summed E-state index contributed by atoms with van der Waals surface area (Å²) in [5.74, 6) is -0.304. The second kappa shape index (κ2) is 8.43. The van der Waals surface area contributed by atoms with Crippen LogP contribution in [0.1, 0.15) is 17.3 Å². The largest absolute Gasteiger partial charge is 0.490 e. The molecule has 1 aliphatic heterocycles. The molecule has 0 aromatic heterocycles. The summed E-state index contributed by atoms with van der Waals surface area (Å²) in [6, 6.07) is 14.5. The fraction of sp³-hybridized carbons (Fsp3) is 0.136. The smallest absolute Gasteiger partial charge is 0.310 e. The third-order valence-electron chi connectivity index (χ3n) is 5.16. The number of ether oxygens (including phenoxy) is 1. The standard InChI is InChI=1S/C22H20N4O6S/c1-3-33(30,31)25-15-6-8-17-19(12-15)24-22(27)16-7-4-13(10-18(16)23-17)14-5-9-20(26(28)29)21(11-14)32-2/h4-12,23,25H,3H2,1-2H3,(H,24,27). The van der Waals surface area contributed by atoms with Crippen LogP contribution < -0.4 is 20.1 Å². The van der Waals surface area contributed by atoms with Crippen molar-refractivity contribution in [1.29, 1.82) is 0 Å². The molecule has 0 unspecified atom stereocenters. The van der Waals surface area contributed by atoms with E-state index in [0.29, 0.717) is 33.9 Å². The van der Waals surface area contributed by atoms with E-state index < -0.39 is 14.9 Å². The number of sulfonamides is 1. The van der Waals surface area contributed by atoms with Crippen molar-refractivity contribution in [2.75, 3.05) is 28.2 Å². The van der Waals surface area contributed by atoms with E-state index in [1.807, 2.05) is 0 Å². The molecule has 0 saturated carbocycles.